The molecule has 0 spiro atoms. The van der Waals surface area contributed by atoms with Gasteiger partial charge in [0.1, 0.15) is 11.8 Å². The monoisotopic (exact) mass is 416 g/mol. The number of amides is 4. The van der Waals surface area contributed by atoms with Gasteiger partial charge >= 0.3 is 6.03 Å². The van der Waals surface area contributed by atoms with E-state index in [2.05, 4.69) is 43.6 Å². The van der Waals surface area contributed by atoms with E-state index < -0.39 is 12.1 Å². The summed E-state index contributed by atoms with van der Waals surface area (Å²) in [7, 11) is 1.58. The maximum atomic E-state index is 12.7. The van der Waals surface area contributed by atoms with Crippen molar-refractivity contribution >= 4 is 17.8 Å². The molecule has 1 atom stereocenters. The molecular formula is C22H32N4O4. The molecule has 2 aliphatic heterocycles. The van der Waals surface area contributed by atoms with E-state index in [0.717, 1.165) is 23.3 Å². The van der Waals surface area contributed by atoms with Gasteiger partial charge in [-0.25, -0.2) is 4.79 Å². The van der Waals surface area contributed by atoms with Crippen LogP contribution in [0.25, 0.3) is 0 Å². The molecule has 8 heteroatoms. The highest BCUT2D eigenvalue weighted by atomic mass is 16.5. The van der Waals surface area contributed by atoms with Crippen molar-refractivity contribution in [3.8, 4) is 5.75 Å². The fraction of sp³-hybridized carbons (Fsp3) is 0.591. The topological polar surface area (TPSA) is 99.8 Å². The standard InChI is InChI=1S/C22H32N4O4/c1-21(2)11-15(12-22(3,4)25-21)23-18(27)10-17-19(28)26(20(29)24-17)13-14-6-8-16(30-5)9-7-14/h6-9,15,17,25H,10-13H2,1-5H3,(H,23,27)(H,24,29)/t17-/m0/s1. The summed E-state index contributed by atoms with van der Waals surface area (Å²) in [6.45, 7) is 8.62. The molecule has 4 amide bonds. The number of imide groups is 1. The summed E-state index contributed by atoms with van der Waals surface area (Å²) >= 11 is 0. The van der Waals surface area contributed by atoms with E-state index in [1.165, 1.54) is 0 Å². The van der Waals surface area contributed by atoms with Crippen LogP contribution in [0, 0.1) is 0 Å². The molecule has 3 rings (SSSR count). The van der Waals surface area contributed by atoms with E-state index in [1.807, 2.05) is 0 Å². The van der Waals surface area contributed by atoms with Crippen molar-refractivity contribution in [1.82, 2.24) is 20.9 Å². The lowest BCUT2D eigenvalue weighted by Crippen LogP contribution is -2.62. The lowest BCUT2D eigenvalue weighted by molar-refractivity contribution is -0.131. The van der Waals surface area contributed by atoms with Crippen LogP contribution in [0.1, 0.15) is 52.5 Å². The third kappa shape index (κ3) is 5.30. The second-order valence-corrected chi connectivity index (χ2v) is 9.54. The first-order valence-corrected chi connectivity index (χ1v) is 10.3. The van der Waals surface area contributed by atoms with Gasteiger partial charge in [-0.1, -0.05) is 12.1 Å². The Kier molecular flexibility index (Phi) is 6.08. The van der Waals surface area contributed by atoms with E-state index in [-0.39, 0.29) is 41.9 Å². The number of piperidine rings is 1. The Hall–Kier alpha value is -2.61. The predicted octanol–water partition coefficient (Wildman–Crippen LogP) is 1.93. The second kappa shape index (κ2) is 8.26. The molecule has 3 N–H and O–H groups in total. The fourth-order valence-electron chi connectivity index (χ4n) is 4.67. The van der Waals surface area contributed by atoms with Crippen molar-refractivity contribution < 1.29 is 19.1 Å². The van der Waals surface area contributed by atoms with Crippen LogP contribution in [0.4, 0.5) is 4.79 Å². The third-order valence-corrected chi connectivity index (χ3v) is 5.55. The fourth-order valence-corrected chi connectivity index (χ4v) is 4.67. The van der Waals surface area contributed by atoms with Crippen molar-refractivity contribution in [2.45, 2.75) is 76.7 Å². The molecule has 1 aromatic rings. The van der Waals surface area contributed by atoms with E-state index >= 15 is 0 Å². The van der Waals surface area contributed by atoms with Gasteiger partial charge < -0.3 is 20.7 Å². The summed E-state index contributed by atoms with van der Waals surface area (Å²) in [5.41, 5.74) is 0.627. The highest BCUT2D eigenvalue weighted by molar-refractivity contribution is 6.05. The molecule has 0 bridgehead atoms. The number of ether oxygens (including phenoxy) is 1. The van der Waals surface area contributed by atoms with Crippen molar-refractivity contribution in [3.05, 3.63) is 29.8 Å². The van der Waals surface area contributed by atoms with Crippen LogP contribution < -0.4 is 20.7 Å². The number of rotatable bonds is 6. The molecule has 0 aromatic heterocycles. The van der Waals surface area contributed by atoms with E-state index in [1.54, 1.807) is 31.4 Å². The Labute approximate surface area is 177 Å². The first kappa shape index (κ1) is 22.1. The summed E-state index contributed by atoms with van der Waals surface area (Å²) in [4.78, 5) is 38.8. The summed E-state index contributed by atoms with van der Waals surface area (Å²) < 4.78 is 5.12. The number of hydrogen-bond donors (Lipinski definition) is 3. The van der Waals surface area contributed by atoms with Crippen LogP contribution >= 0.6 is 0 Å². The van der Waals surface area contributed by atoms with Crippen molar-refractivity contribution in [2.24, 2.45) is 0 Å². The first-order valence-electron chi connectivity index (χ1n) is 10.3. The zero-order valence-corrected chi connectivity index (χ0v) is 18.4. The van der Waals surface area contributed by atoms with Crippen LogP contribution in [0.3, 0.4) is 0 Å². The lowest BCUT2D eigenvalue weighted by atomic mass is 9.79. The van der Waals surface area contributed by atoms with Gasteiger partial charge in [-0.15, -0.1) is 0 Å². The van der Waals surface area contributed by atoms with Crippen LogP contribution in [-0.2, 0) is 16.1 Å². The van der Waals surface area contributed by atoms with Gasteiger partial charge in [0, 0.05) is 17.1 Å². The Morgan fingerprint density at radius 2 is 1.73 bits per heavy atom. The molecule has 30 heavy (non-hydrogen) atoms. The van der Waals surface area contributed by atoms with E-state index in [4.69, 9.17) is 4.74 Å². The molecule has 0 radical (unpaired) electrons. The smallest absolute Gasteiger partial charge is 0.325 e. The number of hydrogen-bond acceptors (Lipinski definition) is 5. The van der Waals surface area contributed by atoms with Gasteiger partial charge in [0.2, 0.25) is 5.91 Å². The molecule has 2 fully saturated rings. The normalized spacial score (nSPS) is 23.2. The van der Waals surface area contributed by atoms with Crippen molar-refractivity contribution in [2.75, 3.05) is 7.11 Å². The summed E-state index contributed by atoms with van der Waals surface area (Å²) in [6.07, 6.45) is 1.54. The lowest BCUT2D eigenvalue weighted by Gasteiger charge is -2.46. The number of benzene rings is 1. The number of carbonyl (C=O) groups excluding carboxylic acids is 3. The minimum Gasteiger partial charge on any atom is -0.497 e. The maximum absolute atomic E-state index is 12.7. The molecular weight excluding hydrogens is 384 g/mol. The molecule has 164 valence electrons. The van der Waals surface area contributed by atoms with Gasteiger partial charge in [-0.3, -0.25) is 14.5 Å². The number of methoxy groups -OCH3 is 1. The molecule has 2 aliphatic rings. The molecule has 2 heterocycles. The van der Waals surface area contributed by atoms with Gasteiger partial charge in [0.15, 0.2) is 0 Å². The number of carbonyl (C=O) groups is 3. The second-order valence-electron chi connectivity index (χ2n) is 9.54. The summed E-state index contributed by atoms with van der Waals surface area (Å²) in [5, 5.41) is 9.27. The highest BCUT2D eigenvalue weighted by Crippen LogP contribution is 2.28. The molecule has 8 nitrogen and oxygen atoms in total. The zero-order valence-electron chi connectivity index (χ0n) is 18.4. The SMILES string of the molecule is COc1ccc(CN2C(=O)N[C@@H](CC(=O)NC3CC(C)(C)NC(C)(C)C3)C2=O)cc1. The first-order chi connectivity index (χ1) is 14.0. The van der Waals surface area contributed by atoms with E-state index in [0.29, 0.717) is 5.75 Å². The van der Waals surface area contributed by atoms with Gasteiger partial charge in [-0.05, 0) is 58.2 Å². The van der Waals surface area contributed by atoms with E-state index in [9.17, 15) is 14.4 Å². The minimum atomic E-state index is -0.835. The molecule has 2 saturated heterocycles. The summed E-state index contributed by atoms with van der Waals surface area (Å²) in [5.74, 6) is 0.102. The minimum absolute atomic E-state index is 0.0198. The van der Waals surface area contributed by atoms with Gasteiger partial charge in [0.25, 0.3) is 5.91 Å². The Bertz CT molecular complexity index is 803. The highest BCUT2D eigenvalue weighted by Gasteiger charge is 2.41. The maximum Gasteiger partial charge on any atom is 0.325 e. The van der Waals surface area contributed by atoms with Crippen LogP contribution in [0.2, 0.25) is 0 Å². The van der Waals surface area contributed by atoms with Crippen molar-refractivity contribution in [1.29, 1.82) is 0 Å². The van der Waals surface area contributed by atoms with Crippen LogP contribution in [0.15, 0.2) is 24.3 Å². The van der Waals surface area contributed by atoms with Crippen LogP contribution in [-0.4, -0.2) is 53.0 Å². The van der Waals surface area contributed by atoms with Crippen molar-refractivity contribution in [3.63, 3.8) is 0 Å². The van der Waals surface area contributed by atoms with Gasteiger partial charge in [-0.2, -0.15) is 0 Å². The third-order valence-electron chi connectivity index (χ3n) is 5.55. The number of nitrogens with zero attached hydrogens (tertiary/aromatic N) is 1. The Morgan fingerprint density at radius 1 is 1.13 bits per heavy atom. The predicted molar refractivity (Wildman–Crippen MR) is 113 cm³/mol. The average molecular weight is 417 g/mol. The van der Waals surface area contributed by atoms with Gasteiger partial charge in [0.05, 0.1) is 20.1 Å². The average Bonchev–Trinajstić information content (AvgIpc) is 2.87. The molecule has 0 unspecified atom stereocenters. The molecule has 0 saturated carbocycles. The quantitative estimate of drug-likeness (QED) is 0.616. The zero-order chi connectivity index (χ0) is 22.1. The largest absolute Gasteiger partial charge is 0.497 e. The molecule has 0 aliphatic carbocycles. The number of urea groups is 1. The Morgan fingerprint density at radius 3 is 2.30 bits per heavy atom. The molecule has 1 aromatic carbocycles. The Balaban J connectivity index is 1.57. The summed E-state index contributed by atoms with van der Waals surface area (Å²) in [6, 6.07) is 5.88. The number of nitrogens with one attached hydrogen (secondary N) is 3. The van der Waals surface area contributed by atoms with Crippen LogP contribution in [0.5, 0.6) is 5.75 Å².